The van der Waals surface area contributed by atoms with Gasteiger partial charge in [0.05, 0.1) is 62.2 Å². The van der Waals surface area contributed by atoms with Crippen LogP contribution in [0.1, 0.15) is 44.5 Å². The highest BCUT2D eigenvalue weighted by Gasteiger charge is 2.36. The van der Waals surface area contributed by atoms with Crippen molar-refractivity contribution < 1.29 is 13.9 Å². The van der Waals surface area contributed by atoms with E-state index in [1.54, 1.807) is 0 Å². The molecule has 8 nitrogen and oxygen atoms in total. The molecule has 21 aromatic rings. The van der Waals surface area contributed by atoms with Crippen molar-refractivity contribution in [3.63, 3.8) is 0 Å². The summed E-state index contributed by atoms with van der Waals surface area (Å²) in [5.41, 5.74) is 29.8. The molecule has 128 heavy (non-hydrogen) atoms. The summed E-state index contributed by atoms with van der Waals surface area (Å²) < 4.78 is 22.0. The van der Waals surface area contributed by atoms with E-state index in [0.717, 1.165) is 116 Å². The van der Waals surface area contributed by atoms with Crippen molar-refractivity contribution in [2.45, 2.75) is 45.3 Å². The molecular weight excluding hydrogens is 1600 g/mol. The van der Waals surface area contributed by atoms with Crippen LogP contribution in [0.5, 0.6) is 23.0 Å². The average Bonchev–Trinajstić information content (AvgIpc) is 0.774. The third-order valence-corrected chi connectivity index (χ3v) is 28.7. The molecule has 0 radical (unpaired) electrons. The second-order valence-corrected chi connectivity index (χ2v) is 35.6. The van der Waals surface area contributed by atoms with Crippen LogP contribution in [-0.4, -0.2) is 4.57 Å². The fourth-order valence-electron chi connectivity index (χ4n) is 20.8. The maximum absolute atomic E-state index is 6.69. The molecule has 0 unspecified atom stereocenters. The molecular formula is C118H77N5O3S2. The summed E-state index contributed by atoms with van der Waals surface area (Å²) in [6.45, 7) is 0. The van der Waals surface area contributed by atoms with Crippen LogP contribution in [0.2, 0.25) is 0 Å². The van der Waals surface area contributed by atoms with Crippen LogP contribution in [-0.2, 0) is 25.7 Å². The number of fused-ring (bicyclic) bond motifs is 18. The van der Waals surface area contributed by atoms with Crippen LogP contribution < -0.4 is 29.1 Å². The van der Waals surface area contributed by atoms with Gasteiger partial charge in [0.25, 0.3) is 0 Å². The number of aromatic nitrogens is 1. The van der Waals surface area contributed by atoms with Crippen molar-refractivity contribution in [3.8, 4) is 28.7 Å². The molecule has 0 fully saturated rings. The Hall–Kier alpha value is -15.7. The molecule has 604 valence electrons. The van der Waals surface area contributed by atoms with Crippen LogP contribution in [0.4, 0.5) is 68.2 Å². The van der Waals surface area contributed by atoms with Crippen molar-refractivity contribution in [2.24, 2.45) is 0 Å². The molecule has 0 atom stereocenters. The van der Waals surface area contributed by atoms with E-state index in [1.807, 2.05) is 35.7 Å². The molecule has 8 aliphatic rings. The highest BCUT2D eigenvalue weighted by atomic mass is 32.2. The van der Waals surface area contributed by atoms with E-state index in [9.17, 15) is 0 Å². The first kappa shape index (κ1) is 73.8. The molecule has 0 saturated carbocycles. The SMILES string of the molecule is C1=Cc2cccc3cc4c(c(c23)C1)Oc1ccccc1N4c1ccc2c(c1)c1ccccc1n2-c1ccccc1.C1=Cc2cccc3cc4c(c(c23)C1)Oc1ccccc1N4c1ccccc1.C1=Cc2cccc3cc4c(c(c23)C1)Sc1ccccc1N4c1cccc2c1oc1ccccc12.C1=Cc2cccc3cc4c(c(c23)C1)Sc1ccccc1N4c1ccccc1. The number of rotatable bonds is 5. The third kappa shape index (κ3) is 11.9. The summed E-state index contributed by atoms with van der Waals surface area (Å²) in [4.78, 5) is 14.8. The zero-order chi connectivity index (χ0) is 84.0. The van der Waals surface area contributed by atoms with Gasteiger partial charge in [-0.25, -0.2) is 0 Å². The first-order valence-corrected chi connectivity index (χ1v) is 45.5. The Morgan fingerprint density at radius 2 is 0.625 bits per heavy atom. The second-order valence-electron chi connectivity index (χ2n) is 33.5. The first-order valence-electron chi connectivity index (χ1n) is 43.9. The van der Waals surface area contributed by atoms with Crippen molar-refractivity contribution in [1.29, 1.82) is 0 Å². The predicted octanol–water partition coefficient (Wildman–Crippen LogP) is 33.7. The molecule has 0 N–H and O–H groups in total. The molecule has 19 aromatic carbocycles. The molecule has 4 aliphatic heterocycles. The van der Waals surface area contributed by atoms with Crippen molar-refractivity contribution >= 4 is 203 Å². The summed E-state index contributed by atoms with van der Waals surface area (Å²) in [5.74, 6) is 3.71. The maximum Gasteiger partial charge on any atom is 0.159 e. The summed E-state index contributed by atoms with van der Waals surface area (Å²) in [7, 11) is 0. The minimum atomic E-state index is 0.857. The van der Waals surface area contributed by atoms with Gasteiger partial charge in [-0.15, -0.1) is 0 Å². The van der Waals surface area contributed by atoms with E-state index < -0.39 is 0 Å². The van der Waals surface area contributed by atoms with E-state index in [4.69, 9.17) is 13.9 Å². The minimum Gasteiger partial charge on any atom is -0.454 e. The quantitative estimate of drug-likeness (QED) is 0.168. The number of allylic oxidation sites excluding steroid dienone is 4. The van der Waals surface area contributed by atoms with Crippen molar-refractivity contribution in [2.75, 3.05) is 19.6 Å². The fourth-order valence-corrected chi connectivity index (χ4v) is 23.2. The highest BCUT2D eigenvalue weighted by molar-refractivity contribution is 8.00. The van der Waals surface area contributed by atoms with E-state index in [2.05, 4.69) is 431 Å². The monoisotopic (exact) mass is 1680 g/mol. The molecule has 0 saturated heterocycles. The lowest BCUT2D eigenvalue weighted by Crippen LogP contribution is -2.17. The Kier molecular flexibility index (Phi) is 17.3. The Morgan fingerprint density at radius 1 is 0.242 bits per heavy atom. The number of ether oxygens (including phenoxy) is 2. The van der Waals surface area contributed by atoms with Gasteiger partial charge < -0.3 is 38.1 Å². The van der Waals surface area contributed by atoms with Crippen LogP contribution in [0.25, 0.3) is 117 Å². The van der Waals surface area contributed by atoms with Gasteiger partial charge in [0.1, 0.15) is 5.58 Å². The Labute approximate surface area is 748 Å². The molecule has 29 rings (SSSR count). The van der Waals surface area contributed by atoms with Gasteiger partial charge in [0, 0.05) is 75.0 Å². The lowest BCUT2D eigenvalue weighted by Gasteiger charge is -2.35. The van der Waals surface area contributed by atoms with E-state index in [1.165, 1.54) is 157 Å². The topological polar surface area (TPSA) is 49.5 Å². The van der Waals surface area contributed by atoms with Gasteiger partial charge >= 0.3 is 0 Å². The summed E-state index contributed by atoms with van der Waals surface area (Å²) >= 11 is 3.81. The molecule has 0 bridgehead atoms. The van der Waals surface area contributed by atoms with Gasteiger partial charge in [0.2, 0.25) is 0 Å². The second kappa shape index (κ2) is 30.0. The highest BCUT2D eigenvalue weighted by Crippen LogP contribution is 2.61. The van der Waals surface area contributed by atoms with Crippen molar-refractivity contribution in [3.05, 3.63) is 439 Å². The molecule has 0 amide bonds. The van der Waals surface area contributed by atoms with Crippen LogP contribution >= 0.6 is 23.5 Å². The van der Waals surface area contributed by atoms with Gasteiger partial charge in [-0.05, 0) is 248 Å². The van der Waals surface area contributed by atoms with Gasteiger partial charge in [-0.2, -0.15) is 0 Å². The average molecular weight is 1680 g/mol. The zero-order valence-corrected chi connectivity index (χ0v) is 71.1. The molecule has 0 spiro atoms. The van der Waals surface area contributed by atoms with Crippen LogP contribution in [0, 0.1) is 0 Å². The Bertz CT molecular complexity index is 8180. The number of anilines is 12. The van der Waals surface area contributed by atoms with Crippen LogP contribution in [0.15, 0.2) is 418 Å². The van der Waals surface area contributed by atoms with Gasteiger partial charge in [-0.1, -0.05) is 297 Å². The van der Waals surface area contributed by atoms with Gasteiger partial charge in [0.15, 0.2) is 28.6 Å². The van der Waals surface area contributed by atoms with Crippen molar-refractivity contribution in [1.82, 2.24) is 4.57 Å². The number of furan rings is 1. The number of hydrogen-bond acceptors (Lipinski definition) is 9. The van der Waals surface area contributed by atoms with E-state index >= 15 is 0 Å². The lowest BCUT2D eigenvalue weighted by molar-refractivity contribution is 0.473. The number of hydrogen-bond donors (Lipinski definition) is 0. The molecule has 10 heteroatoms. The number of benzene rings is 19. The van der Waals surface area contributed by atoms with E-state index in [-0.39, 0.29) is 0 Å². The summed E-state index contributed by atoms with van der Waals surface area (Å²) in [5, 5.41) is 15.3. The number of nitrogens with zero attached hydrogens (tertiary/aromatic N) is 5. The smallest absolute Gasteiger partial charge is 0.159 e. The zero-order valence-electron chi connectivity index (χ0n) is 69.4. The lowest BCUT2D eigenvalue weighted by atomic mass is 9.90. The van der Waals surface area contributed by atoms with E-state index in [0.29, 0.717) is 0 Å². The third-order valence-electron chi connectivity index (χ3n) is 26.2. The Morgan fingerprint density at radius 3 is 1.16 bits per heavy atom. The largest absolute Gasteiger partial charge is 0.454 e. The molecule has 6 heterocycles. The maximum atomic E-state index is 6.69. The summed E-state index contributed by atoms with van der Waals surface area (Å²) in [6.07, 6.45) is 21.7. The molecule has 4 aliphatic carbocycles. The Balaban J connectivity index is 0.0000000915. The van der Waals surface area contributed by atoms with Crippen LogP contribution in [0.3, 0.4) is 0 Å². The standard InChI is InChI=1S/C37H24N2O.C31H19NOS.C25H17NO.C25H17NS/c1-2-13-26(14-3-1)38-31-17-5-4-15-28(31)30-23-27(20-21-32(30)38)39-33-18-6-7-19-35(33)40-37-29-16-9-11-24-10-8-12-25(36(24)29)22-34(37)39;1-3-16-27-21(11-1)22-12-7-15-25(30(22)33-27)32-24-14-2-4-17-28(24)34-31-23-13-6-9-19-8-5-10-20(29(19)23)18-26(31)32;2*1-2-11-19(12-3-1)26-21-14-4-5-15-23(21)27-25-20-13-7-9-17-8-6-10-18(24(17)20)16-22(25)26/h1-15,17-23H,16H2;1-12,14-18H,13H2;2*1-12,14-16H,13H2. The normalized spacial score (nSPS) is 13.8. The minimum absolute atomic E-state index is 0.857. The number of para-hydroxylation sites is 12. The fraction of sp³-hybridized carbons (Fsp3) is 0.0339. The molecule has 2 aromatic heterocycles. The predicted molar refractivity (Wildman–Crippen MR) is 535 cm³/mol. The van der Waals surface area contributed by atoms with Gasteiger partial charge in [-0.3, -0.25) is 0 Å². The summed E-state index contributed by atoms with van der Waals surface area (Å²) in [6, 6.07) is 132. The first-order chi connectivity index (χ1) is 63.5.